The number of methoxy groups -OCH3 is 1. The number of benzene rings is 1. The van der Waals surface area contributed by atoms with Crippen molar-refractivity contribution in [3.8, 4) is 11.8 Å². The molecule has 108 valence electrons. The molecule has 0 aromatic heterocycles. The van der Waals surface area contributed by atoms with Crippen LogP contribution in [-0.4, -0.2) is 61.3 Å². The van der Waals surface area contributed by atoms with Gasteiger partial charge in [0.1, 0.15) is 11.8 Å². The van der Waals surface area contributed by atoms with E-state index >= 15 is 0 Å². The standard InChI is InChI=1S/C15H21N3O2/c1-20-14-4-2-3-13(11-14)15(12-16)18-7-5-17(6-8-18)9-10-19/h2-4,11,15,19H,5-10H2,1H3. The van der Waals surface area contributed by atoms with E-state index in [1.54, 1.807) is 7.11 Å². The highest BCUT2D eigenvalue weighted by Crippen LogP contribution is 2.24. The van der Waals surface area contributed by atoms with E-state index in [-0.39, 0.29) is 12.6 Å². The van der Waals surface area contributed by atoms with Crippen LogP contribution in [0.4, 0.5) is 0 Å². The lowest BCUT2D eigenvalue weighted by Crippen LogP contribution is -2.48. The molecule has 1 aromatic carbocycles. The van der Waals surface area contributed by atoms with Gasteiger partial charge in [-0.2, -0.15) is 5.26 Å². The van der Waals surface area contributed by atoms with Gasteiger partial charge in [0, 0.05) is 32.7 Å². The lowest BCUT2D eigenvalue weighted by atomic mass is 10.1. The molecule has 1 atom stereocenters. The van der Waals surface area contributed by atoms with E-state index in [9.17, 15) is 5.26 Å². The van der Waals surface area contributed by atoms with Crippen molar-refractivity contribution >= 4 is 0 Å². The average Bonchev–Trinajstić information content (AvgIpc) is 2.50. The van der Waals surface area contributed by atoms with E-state index < -0.39 is 0 Å². The molecule has 1 aliphatic rings. The summed E-state index contributed by atoms with van der Waals surface area (Å²) in [4.78, 5) is 4.40. The van der Waals surface area contributed by atoms with Gasteiger partial charge in [0.05, 0.1) is 19.8 Å². The second-order valence-corrected chi connectivity index (χ2v) is 4.91. The van der Waals surface area contributed by atoms with Crippen molar-refractivity contribution in [2.45, 2.75) is 6.04 Å². The van der Waals surface area contributed by atoms with Gasteiger partial charge in [-0.15, -0.1) is 0 Å². The summed E-state index contributed by atoms with van der Waals surface area (Å²) in [6.45, 7) is 4.37. The highest BCUT2D eigenvalue weighted by atomic mass is 16.5. The molecule has 1 saturated heterocycles. The van der Waals surface area contributed by atoms with Gasteiger partial charge in [0.25, 0.3) is 0 Å². The molecule has 1 aromatic rings. The summed E-state index contributed by atoms with van der Waals surface area (Å²) in [5, 5.41) is 18.4. The lowest BCUT2D eigenvalue weighted by molar-refractivity contribution is 0.0981. The van der Waals surface area contributed by atoms with Crippen LogP contribution in [-0.2, 0) is 0 Å². The molecule has 0 radical (unpaired) electrons. The first kappa shape index (κ1) is 14.8. The molecular weight excluding hydrogens is 254 g/mol. The Hall–Kier alpha value is -1.61. The summed E-state index contributed by atoms with van der Waals surface area (Å²) in [5.41, 5.74) is 0.974. The van der Waals surface area contributed by atoms with Gasteiger partial charge in [-0.3, -0.25) is 9.80 Å². The second-order valence-electron chi connectivity index (χ2n) is 4.91. The fourth-order valence-electron chi connectivity index (χ4n) is 2.57. The van der Waals surface area contributed by atoms with Crippen LogP contribution in [0.15, 0.2) is 24.3 Å². The van der Waals surface area contributed by atoms with Crippen LogP contribution in [0.25, 0.3) is 0 Å². The first-order chi connectivity index (χ1) is 9.78. The quantitative estimate of drug-likeness (QED) is 0.864. The Morgan fingerprint density at radius 3 is 2.70 bits per heavy atom. The molecule has 0 saturated carbocycles. The smallest absolute Gasteiger partial charge is 0.124 e. The molecule has 1 fully saturated rings. The monoisotopic (exact) mass is 275 g/mol. The summed E-state index contributed by atoms with van der Waals surface area (Å²) >= 11 is 0. The van der Waals surface area contributed by atoms with Crippen LogP contribution in [0.2, 0.25) is 0 Å². The number of aliphatic hydroxyl groups is 1. The number of hydrogen-bond acceptors (Lipinski definition) is 5. The molecule has 1 heterocycles. The molecule has 0 amide bonds. The minimum Gasteiger partial charge on any atom is -0.497 e. The maximum absolute atomic E-state index is 9.48. The van der Waals surface area contributed by atoms with Crippen LogP contribution in [0.5, 0.6) is 5.75 Å². The number of rotatable bonds is 5. The van der Waals surface area contributed by atoms with E-state index in [4.69, 9.17) is 9.84 Å². The maximum atomic E-state index is 9.48. The summed E-state index contributed by atoms with van der Waals surface area (Å²) in [6.07, 6.45) is 0. The number of piperazine rings is 1. The number of ether oxygens (including phenoxy) is 1. The topological polar surface area (TPSA) is 59.7 Å². The van der Waals surface area contributed by atoms with Crippen molar-refractivity contribution in [3.63, 3.8) is 0 Å². The van der Waals surface area contributed by atoms with Gasteiger partial charge in [0.15, 0.2) is 0 Å². The van der Waals surface area contributed by atoms with Crippen LogP contribution in [0.3, 0.4) is 0 Å². The number of aliphatic hydroxyl groups excluding tert-OH is 1. The Labute approximate surface area is 120 Å². The van der Waals surface area contributed by atoms with Crippen molar-refractivity contribution in [1.29, 1.82) is 5.26 Å². The van der Waals surface area contributed by atoms with Crippen LogP contribution in [0.1, 0.15) is 11.6 Å². The first-order valence-corrected chi connectivity index (χ1v) is 6.89. The Balaban J connectivity index is 2.04. The molecular formula is C15H21N3O2. The van der Waals surface area contributed by atoms with E-state index in [1.807, 2.05) is 24.3 Å². The average molecular weight is 275 g/mol. The number of nitriles is 1. The fourth-order valence-corrected chi connectivity index (χ4v) is 2.57. The van der Waals surface area contributed by atoms with Crippen molar-refractivity contribution in [1.82, 2.24) is 9.80 Å². The minimum atomic E-state index is -0.235. The molecule has 2 rings (SSSR count). The van der Waals surface area contributed by atoms with Gasteiger partial charge < -0.3 is 9.84 Å². The molecule has 5 nitrogen and oxygen atoms in total. The molecule has 0 aliphatic carbocycles. The predicted molar refractivity (Wildman–Crippen MR) is 76.4 cm³/mol. The molecule has 1 N–H and O–H groups in total. The van der Waals surface area contributed by atoms with E-state index in [1.165, 1.54) is 0 Å². The predicted octanol–water partition coefficient (Wildman–Crippen LogP) is 0.870. The number of β-amino-alcohol motifs (C(OH)–C–C–N with tert-alkyl or cyclic N) is 1. The van der Waals surface area contributed by atoms with E-state index in [2.05, 4.69) is 15.9 Å². The van der Waals surface area contributed by atoms with Crippen molar-refractivity contribution in [2.75, 3.05) is 46.4 Å². The lowest BCUT2D eigenvalue weighted by Gasteiger charge is -2.36. The molecule has 20 heavy (non-hydrogen) atoms. The number of hydrogen-bond donors (Lipinski definition) is 1. The maximum Gasteiger partial charge on any atom is 0.124 e. The Morgan fingerprint density at radius 2 is 2.10 bits per heavy atom. The van der Waals surface area contributed by atoms with Crippen LogP contribution < -0.4 is 4.74 Å². The first-order valence-electron chi connectivity index (χ1n) is 6.89. The largest absolute Gasteiger partial charge is 0.497 e. The molecule has 0 spiro atoms. The normalized spacial score (nSPS) is 18.4. The SMILES string of the molecule is COc1cccc(C(C#N)N2CCN(CCO)CC2)c1. The van der Waals surface area contributed by atoms with Crippen molar-refractivity contribution < 1.29 is 9.84 Å². The van der Waals surface area contributed by atoms with Gasteiger partial charge in [0.2, 0.25) is 0 Å². The van der Waals surface area contributed by atoms with Gasteiger partial charge in [-0.1, -0.05) is 12.1 Å². The van der Waals surface area contributed by atoms with Gasteiger partial charge in [-0.05, 0) is 17.7 Å². The Morgan fingerprint density at radius 1 is 1.35 bits per heavy atom. The third-order valence-electron chi connectivity index (χ3n) is 3.72. The summed E-state index contributed by atoms with van der Waals surface area (Å²) in [6, 6.07) is 9.85. The molecule has 5 heteroatoms. The molecule has 1 aliphatic heterocycles. The van der Waals surface area contributed by atoms with Gasteiger partial charge >= 0.3 is 0 Å². The van der Waals surface area contributed by atoms with Crippen LogP contribution in [0, 0.1) is 11.3 Å². The zero-order valence-corrected chi connectivity index (χ0v) is 11.8. The highest BCUT2D eigenvalue weighted by molar-refractivity contribution is 5.33. The molecule has 1 unspecified atom stereocenters. The van der Waals surface area contributed by atoms with Crippen molar-refractivity contribution in [2.24, 2.45) is 0 Å². The summed E-state index contributed by atoms with van der Waals surface area (Å²) < 4.78 is 5.22. The summed E-state index contributed by atoms with van der Waals surface area (Å²) in [5.74, 6) is 0.779. The zero-order chi connectivity index (χ0) is 14.4. The van der Waals surface area contributed by atoms with E-state index in [0.29, 0.717) is 6.54 Å². The van der Waals surface area contributed by atoms with Crippen molar-refractivity contribution in [3.05, 3.63) is 29.8 Å². The summed E-state index contributed by atoms with van der Waals surface area (Å²) in [7, 11) is 1.63. The van der Waals surface area contributed by atoms with Crippen LogP contribution >= 0.6 is 0 Å². The third kappa shape index (κ3) is 3.48. The zero-order valence-electron chi connectivity index (χ0n) is 11.8. The fraction of sp³-hybridized carbons (Fsp3) is 0.533. The highest BCUT2D eigenvalue weighted by Gasteiger charge is 2.24. The Kier molecular flexibility index (Phi) is 5.36. The Bertz CT molecular complexity index is 464. The van der Waals surface area contributed by atoms with Gasteiger partial charge in [-0.25, -0.2) is 0 Å². The minimum absolute atomic E-state index is 0.192. The number of nitrogens with zero attached hydrogens (tertiary/aromatic N) is 3. The van der Waals surface area contributed by atoms with E-state index in [0.717, 1.165) is 37.5 Å². The second kappa shape index (κ2) is 7.25. The third-order valence-corrected chi connectivity index (χ3v) is 3.72. The molecule has 0 bridgehead atoms.